The molecule has 0 radical (unpaired) electrons. The smallest absolute Gasteiger partial charge is 0.463 e. The highest BCUT2D eigenvalue weighted by Gasteiger charge is 2.46. The third kappa shape index (κ3) is 4.26. The number of halogens is 3. The van der Waals surface area contributed by atoms with Crippen LogP contribution in [-0.4, -0.2) is 35.1 Å². The third-order valence-corrected chi connectivity index (χ3v) is 4.90. The van der Waals surface area contributed by atoms with Crippen molar-refractivity contribution in [3.8, 4) is 5.75 Å². The van der Waals surface area contributed by atoms with Gasteiger partial charge < -0.3 is 29.8 Å². The molecule has 0 unspecified atom stereocenters. The van der Waals surface area contributed by atoms with Crippen molar-refractivity contribution < 1.29 is 36.7 Å². The molecule has 0 atom stereocenters. The Labute approximate surface area is 194 Å². The van der Waals surface area contributed by atoms with E-state index in [1.54, 1.807) is 18.2 Å². The fourth-order valence-corrected chi connectivity index (χ4v) is 3.28. The first-order valence-electron chi connectivity index (χ1n) is 9.93. The molecule has 2 aromatic heterocycles. The van der Waals surface area contributed by atoms with Gasteiger partial charge in [-0.15, -0.1) is 0 Å². The Balaban J connectivity index is 1.36. The van der Waals surface area contributed by atoms with Gasteiger partial charge in [0.05, 0.1) is 19.0 Å². The fourth-order valence-electron chi connectivity index (χ4n) is 3.28. The quantitative estimate of drug-likeness (QED) is 0.349. The van der Waals surface area contributed by atoms with Crippen LogP contribution < -0.4 is 20.7 Å². The van der Waals surface area contributed by atoms with Gasteiger partial charge in [-0.2, -0.15) is 13.8 Å². The van der Waals surface area contributed by atoms with Crippen LogP contribution in [-0.2, 0) is 9.53 Å². The lowest BCUT2D eigenvalue weighted by molar-refractivity contribution is -0.189. The molecule has 2 aromatic carbocycles. The highest BCUT2D eigenvalue weighted by Crippen LogP contribution is 2.37. The van der Waals surface area contributed by atoms with Crippen LogP contribution in [0, 0.1) is 5.82 Å². The van der Waals surface area contributed by atoms with Crippen molar-refractivity contribution in [2.75, 3.05) is 23.1 Å². The number of nitrogens with zero attached hydrogens (tertiary/aromatic N) is 2. The van der Waals surface area contributed by atoms with E-state index >= 15 is 0 Å². The van der Waals surface area contributed by atoms with Gasteiger partial charge in [-0.05, 0) is 42.5 Å². The lowest BCUT2D eigenvalue weighted by Gasteiger charge is -2.25. The number of fused-ring (bicyclic) bond motifs is 2. The first-order chi connectivity index (χ1) is 16.7. The largest absolute Gasteiger partial charge is 0.482 e. The molecule has 13 heteroatoms. The van der Waals surface area contributed by atoms with Crippen molar-refractivity contribution in [3.05, 3.63) is 60.2 Å². The molecule has 3 N–H and O–H groups in total. The lowest BCUT2D eigenvalue weighted by atomic mass is 10.2. The number of aromatic nitrogens is 2. The molecule has 35 heavy (non-hydrogen) atoms. The van der Waals surface area contributed by atoms with Gasteiger partial charge >= 0.3 is 18.0 Å². The van der Waals surface area contributed by atoms with Crippen LogP contribution in [0.5, 0.6) is 5.75 Å². The number of carbonyl (C=O) groups is 2. The summed E-state index contributed by atoms with van der Waals surface area (Å²) in [6.45, 7) is 0. The molecule has 1 amide bonds. The maximum Gasteiger partial charge on any atom is 0.482 e. The molecule has 5 rings (SSSR count). The molecule has 0 saturated heterocycles. The number of methoxy groups -OCH3 is 1. The van der Waals surface area contributed by atoms with E-state index in [1.807, 2.05) is 5.32 Å². The normalized spacial score (nSPS) is 14.0. The van der Waals surface area contributed by atoms with Gasteiger partial charge in [0.25, 0.3) is 0 Å². The lowest BCUT2D eigenvalue weighted by Crippen LogP contribution is -2.43. The predicted octanol–water partition coefficient (Wildman–Crippen LogP) is 4.56. The van der Waals surface area contributed by atoms with E-state index in [1.165, 1.54) is 31.4 Å². The van der Waals surface area contributed by atoms with Crippen LogP contribution in [0.4, 0.5) is 42.0 Å². The van der Waals surface area contributed by atoms with Crippen LogP contribution in [0.15, 0.2) is 53.1 Å². The van der Waals surface area contributed by atoms with E-state index in [4.69, 9.17) is 4.42 Å². The molecular formula is C22H14F3N5O5. The van der Waals surface area contributed by atoms with Crippen LogP contribution in [0.3, 0.4) is 0 Å². The summed E-state index contributed by atoms with van der Waals surface area (Å²) in [6.07, 6.45) is -3.05. The van der Waals surface area contributed by atoms with Crippen molar-refractivity contribution in [1.29, 1.82) is 0 Å². The minimum Gasteiger partial charge on any atom is -0.463 e. The highest BCUT2D eigenvalue weighted by atomic mass is 19.3. The second kappa shape index (κ2) is 8.20. The number of hydrogen-bond acceptors (Lipinski definition) is 9. The van der Waals surface area contributed by atoms with Crippen molar-refractivity contribution in [1.82, 2.24) is 9.97 Å². The van der Waals surface area contributed by atoms with Crippen molar-refractivity contribution >= 4 is 51.7 Å². The van der Waals surface area contributed by atoms with E-state index in [2.05, 4.69) is 30.1 Å². The van der Waals surface area contributed by atoms with E-state index in [0.29, 0.717) is 16.7 Å². The first kappa shape index (κ1) is 22.0. The maximum atomic E-state index is 14.4. The number of esters is 1. The first-order valence-corrected chi connectivity index (χ1v) is 9.93. The molecule has 0 saturated carbocycles. The van der Waals surface area contributed by atoms with Gasteiger partial charge in [-0.1, -0.05) is 0 Å². The number of anilines is 5. The summed E-state index contributed by atoms with van der Waals surface area (Å²) >= 11 is 0. The Kier molecular flexibility index (Phi) is 5.16. The summed E-state index contributed by atoms with van der Waals surface area (Å²) in [5.41, 5.74) is 1.22. The molecule has 0 spiro atoms. The Bertz CT molecular complexity index is 1490. The zero-order chi connectivity index (χ0) is 24.7. The summed E-state index contributed by atoms with van der Waals surface area (Å²) in [6, 6.07) is 10.3. The van der Waals surface area contributed by atoms with E-state index in [9.17, 15) is 22.8 Å². The number of nitrogens with one attached hydrogen (secondary N) is 3. The second-order valence-electron chi connectivity index (χ2n) is 7.28. The summed E-state index contributed by atoms with van der Waals surface area (Å²) < 4.78 is 55.6. The predicted molar refractivity (Wildman–Crippen MR) is 117 cm³/mol. The van der Waals surface area contributed by atoms with Gasteiger partial charge in [-0.25, -0.2) is 14.2 Å². The number of rotatable bonds is 5. The summed E-state index contributed by atoms with van der Waals surface area (Å²) in [4.78, 5) is 31.1. The number of ether oxygens (including phenoxy) is 2. The van der Waals surface area contributed by atoms with E-state index < -0.39 is 23.8 Å². The number of benzene rings is 2. The van der Waals surface area contributed by atoms with Crippen LogP contribution in [0.1, 0.15) is 10.6 Å². The molecule has 1 aliphatic rings. The SMILES string of the molecule is COC(=O)c1cc2cc(Nc3ncc(F)c(Nc4ccc5c(c4)NC(=O)C(F)(F)O5)n3)ccc2o1. The fraction of sp³-hybridized carbons (Fsp3) is 0.0909. The van der Waals surface area contributed by atoms with Crippen molar-refractivity contribution in [2.45, 2.75) is 6.11 Å². The average molecular weight is 485 g/mol. The van der Waals surface area contributed by atoms with Gasteiger partial charge in [-0.3, -0.25) is 4.79 Å². The Morgan fingerprint density at radius 2 is 1.89 bits per heavy atom. The molecule has 0 bridgehead atoms. The van der Waals surface area contributed by atoms with Gasteiger partial charge in [0.2, 0.25) is 11.7 Å². The minimum atomic E-state index is -3.98. The average Bonchev–Trinajstić information content (AvgIpc) is 3.25. The third-order valence-electron chi connectivity index (χ3n) is 4.90. The summed E-state index contributed by atoms with van der Waals surface area (Å²) in [5, 5.41) is 8.27. The topological polar surface area (TPSA) is 128 Å². The molecule has 3 heterocycles. The molecule has 4 aromatic rings. The standard InChI is InChI=1S/C22H14F3N5O5/c1-33-19(31)17-7-10-6-11(2-4-15(10)34-17)28-21-26-9-13(23)18(30-21)27-12-3-5-16-14(8-12)29-20(32)22(24,25)35-16/h2-9H,1H3,(H,29,32)(H2,26,27,28,30). The van der Waals surface area contributed by atoms with E-state index in [0.717, 1.165) is 6.20 Å². The van der Waals surface area contributed by atoms with Crippen LogP contribution in [0.2, 0.25) is 0 Å². The van der Waals surface area contributed by atoms with Crippen molar-refractivity contribution in [3.63, 3.8) is 0 Å². The Hall–Kier alpha value is -4.81. The minimum absolute atomic E-state index is 0.0153. The number of alkyl halides is 2. The molecule has 1 aliphatic heterocycles. The number of amides is 1. The Morgan fingerprint density at radius 1 is 1.11 bits per heavy atom. The Morgan fingerprint density at radius 3 is 2.69 bits per heavy atom. The number of hydrogen-bond donors (Lipinski definition) is 3. The van der Waals surface area contributed by atoms with Crippen molar-refractivity contribution in [2.24, 2.45) is 0 Å². The number of furan rings is 1. The van der Waals surface area contributed by atoms with Gasteiger partial charge in [0.1, 0.15) is 5.58 Å². The molecule has 0 fully saturated rings. The van der Waals surface area contributed by atoms with Crippen LogP contribution >= 0.6 is 0 Å². The highest BCUT2D eigenvalue weighted by molar-refractivity contribution is 5.99. The molecular weight excluding hydrogens is 471 g/mol. The summed E-state index contributed by atoms with van der Waals surface area (Å²) in [7, 11) is 1.24. The zero-order valence-electron chi connectivity index (χ0n) is 17.7. The monoisotopic (exact) mass is 485 g/mol. The maximum absolute atomic E-state index is 14.4. The van der Waals surface area contributed by atoms with Crippen LogP contribution in [0.25, 0.3) is 11.0 Å². The zero-order valence-corrected chi connectivity index (χ0v) is 17.7. The molecule has 178 valence electrons. The molecule has 0 aliphatic carbocycles. The second-order valence-corrected chi connectivity index (χ2v) is 7.28. The van der Waals surface area contributed by atoms with E-state index in [-0.39, 0.29) is 34.7 Å². The van der Waals surface area contributed by atoms with Gasteiger partial charge in [0, 0.05) is 16.8 Å². The molecule has 10 nitrogen and oxygen atoms in total. The van der Waals surface area contributed by atoms with Gasteiger partial charge in [0.15, 0.2) is 17.4 Å². The number of carbonyl (C=O) groups excluding carboxylic acids is 2. The summed E-state index contributed by atoms with van der Waals surface area (Å²) in [5.74, 6) is -3.39.